The molecule has 1 heterocycles. The molecule has 0 spiro atoms. The van der Waals surface area contributed by atoms with Crippen molar-refractivity contribution >= 4 is 39.7 Å². The molecule has 0 aliphatic carbocycles. The molecule has 0 bridgehead atoms. The van der Waals surface area contributed by atoms with Crippen LogP contribution < -0.4 is 15.8 Å². The van der Waals surface area contributed by atoms with E-state index in [2.05, 4.69) is 15.0 Å². The van der Waals surface area contributed by atoms with Gasteiger partial charge in [0.15, 0.2) is 0 Å². The number of rotatable bonds is 9. The molecule has 4 N–H and O–H groups in total. The van der Waals surface area contributed by atoms with Crippen LogP contribution in [0.15, 0.2) is 34.5 Å². The molecular weight excluding hydrogens is 400 g/mol. The third kappa shape index (κ3) is 6.31. The van der Waals surface area contributed by atoms with Crippen molar-refractivity contribution in [3.8, 4) is 0 Å². The molecule has 0 aliphatic rings. The molecule has 144 valence electrons. The number of nitrogens with two attached hydrogens (primary N) is 1. The zero-order valence-corrected chi connectivity index (χ0v) is 16.5. The van der Waals surface area contributed by atoms with Gasteiger partial charge in [0, 0.05) is 32.1 Å². The lowest BCUT2D eigenvalue weighted by Crippen LogP contribution is -2.27. The maximum absolute atomic E-state index is 12.2. The monoisotopic (exact) mass is 420 g/mol. The third-order valence-electron chi connectivity index (χ3n) is 3.22. The second-order valence-corrected chi connectivity index (χ2v) is 7.76. The van der Waals surface area contributed by atoms with Crippen LogP contribution in [0.1, 0.15) is 21.1 Å². The maximum atomic E-state index is 12.2. The SMILES string of the molecule is COCCNS(=O)(=O)c1cccc(CNC(=O)c2csc(CN)n2)c1.Cl. The van der Waals surface area contributed by atoms with Gasteiger partial charge < -0.3 is 15.8 Å². The summed E-state index contributed by atoms with van der Waals surface area (Å²) in [4.78, 5) is 16.3. The Morgan fingerprint density at radius 3 is 2.81 bits per heavy atom. The van der Waals surface area contributed by atoms with Crippen LogP contribution in [-0.4, -0.2) is 39.6 Å². The van der Waals surface area contributed by atoms with Crippen LogP contribution in [0.25, 0.3) is 0 Å². The van der Waals surface area contributed by atoms with Gasteiger partial charge in [-0.3, -0.25) is 4.79 Å². The Labute approximate surface area is 162 Å². The first-order chi connectivity index (χ1) is 12.0. The van der Waals surface area contributed by atoms with Crippen LogP contribution in [0.4, 0.5) is 0 Å². The number of amides is 1. The van der Waals surface area contributed by atoms with Gasteiger partial charge in [-0.15, -0.1) is 23.7 Å². The number of hydrogen-bond donors (Lipinski definition) is 3. The second kappa shape index (κ2) is 10.6. The first-order valence-corrected chi connectivity index (χ1v) is 9.82. The molecule has 1 amide bonds. The zero-order chi connectivity index (χ0) is 18.3. The van der Waals surface area contributed by atoms with Crippen molar-refractivity contribution in [3.05, 3.63) is 45.9 Å². The Bertz CT molecular complexity index is 827. The highest BCUT2D eigenvalue weighted by molar-refractivity contribution is 7.89. The van der Waals surface area contributed by atoms with E-state index in [0.717, 1.165) is 0 Å². The molecular formula is C15H21ClN4O4S2. The molecule has 8 nitrogen and oxygen atoms in total. The van der Waals surface area contributed by atoms with Crippen molar-refractivity contribution in [2.75, 3.05) is 20.3 Å². The van der Waals surface area contributed by atoms with E-state index in [9.17, 15) is 13.2 Å². The molecule has 0 aliphatic heterocycles. The average Bonchev–Trinajstić information content (AvgIpc) is 3.09. The normalized spacial score (nSPS) is 11.0. The quantitative estimate of drug-likeness (QED) is 0.517. The first-order valence-electron chi connectivity index (χ1n) is 7.46. The van der Waals surface area contributed by atoms with Crippen molar-refractivity contribution in [1.82, 2.24) is 15.0 Å². The summed E-state index contributed by atoms with van der Waals surface area (Å²) < 4.78 is 31.6. The van der Waals surface area contributed by atoms with Crippen LogP contribution >= 0.6 is 23.7 Å². The summed E-state index contributed by atoms with van der Waals surface area (Å²) >= 11 is 1.32. The molecule has 2 rings (SSSR count). The fraction of sp³-hybridized carbons (Fsp3) is 0.333. The lowest BCUT2D eigenvalue weighted by Gasteiger charge is -2.09. The molecule has 2 aromatic rings. The third-order valence-corrected chi connectivity index (χ3v) is 5.55. The average molecular weight is 421 g/mol. The number of carbonyl (C=O) groups is 1. The largest absolute Gasteiger partial charge is 0.383 e. The number of halogens is 1. The van der Waals surface area contributed by atoms with Crippen molar-refractivity contribution in [1.29, 1.82) is 0 Å². The summed E-state index contributed by atoms with van der Waals surface area (Å²) in [6, 6.07) is 6.37. The molecule has 26 heavy (non-hydrogen) atoms. The van der Waals surface area contributed by atoms with Gasteiger partial charge in [0.05, 0.1) is 11.5 Å². The number of ether oxygens (including phenoxy) is 1. The fourth-order valence-electron chi connectivity index (χ4n) is 1.97. The van der Waals surface area contributed by atoms with E-state index in [1.807, 2.05) is 0 Å². The minimum absolute atomic E-state index is 0. The molecule has 11 heteroatoms. The molecule has 0 fully saturated rings. The Hall–Kier alpha value is -1.56. The number of benzene rings is 1. The first kappa shape index (κ1) is 22.5. The lowest BCUT2D eigenvalue weighted by molar-refractivity contribution is 0.0946. The fourth-order valence-corrected chi connectivity index (χ4v) is 3.70. The van der Waals surface area contributed by atoms with Gasteiger partial charge in [0.2, 0.25) is 10.0 Å². The summed E-state index contributed by atoms with van der Waals surface area (Å²) in [5, 5.41) is 5.03. The summed E-state index contributed by atoms with van der Waals surface area (Å²) in [5.41, 5.74) is 6.44. The smallest absolute Gasteiger partial charge is 0.271 e. The van der Waals surface area contributed by atoms with E-state index in [1.54, 1.807) is 17.5 Å². The molecule has 0 radical (unpaired) electrons. The summed E-state index contributed by atoms with van der Waals surface area (Å²) in [7, 11) is -2.12. The molecule has 0 unspecified atom stereocenters. The van der Waals surface area contributed by atoms with Crippen LogP contribution in [0.3, 0.4) is 0 Å². The van der Waals surface area contributed by atoms with Crippen LogP contribution in [0, 0.1) is 0 Å². The maximum Gasteiger partial charge on any atom is 0.271 e. The predicted molar refractivity (Wildman–Crippen MR) is 102 cm³/mol. The second-order valence-electron chi connectivity index (χ2n) is 5.05. The highest BCUT2D eigenvalue weighted by Crippen LogP contribution is 2.12. The van der Waals surface area contributed by atoms with Crippen molar-refractivity contribution in [2.45, 2.75) is 18.0 Å². The van der Waals surface area contributed by atoms with Gasteiger partial charge in [-0.25, -0.2) is 18.1 Å². The van der Waals surface area contributed by atoms with Crippen molar-refractivity contribution in [2.24, 2.45) is 5.73 Å². The van der Waals surface area contributed by atoms with E-state index in [1.165, 1.54) is 30.6 Å². The van der Waals surface area contributed by atoms with Crippen LogP contribution in [-0.2, 0) is 27.8 Å². The standard InChI is InChI=1S/C15H20N4O4S2.ClH/c1-23-6-5-18-25(21,22)12-4-2-3-11(7-12)9-17-15(20)13-10-24-14(8-16)19-13;/h2-4,7,10,18H,5-6,8-9,16H2,1H3,(H,17,20);1H. The van der Waals surface area contributed by atoms with Gasteiger partial charge in [0.25, 0.3) is 5.91 Å². The number of hydrogen-bond acceptors (Lipinski definition) is 7. The minimum Gasteiger partial charge on any atom is -0.383 e. The number of thiazole rings is 1. The van der Waals surface area contributed by atoms with Gasteiger partial charge in [-0.05, 0) is 17.7 Å². The Kier molecular flexibility index (Phi) is 9.13. The van der Waals surface area contributed by atoms with Crippen molar-refractivity contribution in [3.63, 3.8) is 0 Å². The van der Waals surface area contributed by atoms with Crippen LogP contribution in [0.5, 0.6) is 0 Å². The molecule has 0 atom stereocenters. The van der Waals surface area contributed by atoms with Gasteiger partial charge in [0.1, 0.15) is 10.7 Å². The summed E-state index contributed by atoms with van der Waals surface area (Å²) in [6.45, 7) is 0.949. The van der Waals surface area contributed by atoms with E-state index in [4.69, 9.17) is 10.5 Å². The topological polar surface area (TPSA) is 123 Å². The van der Waals surface area contributed by atoms with Gasteiger partial charge in [-0.2, -0.15) is 0 Å². The molecule has 0 saturated heterocycles. The number of carbonyl (C=O) groups excluding carboxylic acids is 1. The van der Waals surface area contributed by atoms with Gasteiger partial charge in [-0.1, -0.05) is 12.1 Å². The summed E-state index contributed by atoms with van der Waals surface area (Å²) in [5.74, 6) is -0.331. The Morgan fingerprint density at radius 2 is 2.15 bits per heavy atom. The van der Waals surface area contributed by atoms with Gasteiger partial charge >= 0.3 is 0 Å². The van der Waals surface area contributed by atoms with E-state index in [0.29, 0.717) is 16.3 Å². The predicted octanol–water partition coefficient (Wildman–Crippen LogP) is 0.878. The summed E-state index contributed by atoms with van der Waals surface area (Å²) in [6.07, 6.45) is 0. The van der Waals surface area contributed by atoms with E-state index >= 15 is 0 Å². The van der Waals surface area contributed by atoms with Crippen LogP contribution in [0.2, 0.25) is 0 Å². The molecule has 1 aromatic carbocycles. The lowest BCUT2D eigenvalue weighted by atomic mass is 10.2. The number of aromatic nitrogens is 1. The zero-order valence-electron chi connectivity index (χ0n) is 14.1. The highest BCUT2D eigenvalue weighted by Gasteiger charge is 2.14. The Morgan fingerprint density at radius 1 is 1.38 bits per heavy atom. The number of methoxy groups -OCH3 is 1. The molecule has 1 aromatic heterocycles. The molecule has 0 saturated carbocycles. The Balaban J connectivity index is 0.00000338. The highest BCUT2D eigenvalue weighted by atomic mass is 35.5. The van der Waals surface area contributed by atoms with Crippen molar-refractivity contribution < 1.29 is 17.9 Å². The number of sulfonamides is 1. The number of nitrogens with one attached hydrogen (secondary N) is 2. The van der Waals surface area contributed by atoms with E-state index < -0.39 is 10.0 Å². The van der Waals surface area contributed by atoms with E-state index in [-0.39, 0.29) is 49.5 Å². The minimum atomic E-state index is -3.61. The number of nitrogens with zero attached hydrogens (tertiary/aromatic N) is 1.